The van der Waals surface area contributed by atoms with Crippen LogP contribution in [0.4, 0.5) is 0 Å². The van der Waals surface area contributed by atoms with Crippen LogP contribution in [0.25, 0.3) is 0 Å². The summed E-state index contributed by atoms with van der Waals surface area (Å²) in [5.74, 6) is -1.25. The van der Waals surface area contributed by atoms with Gasteiger partial charge in [-0.15, -0.1) is 0 Å². The third-order valence-electron chi connectivity index (χ3n) is 1.40. The van der Waals surface area contributed by atoms with Gasteiger partial charge in [-0.25, -0.2) is 0 Å². The minimum Gasteiger partial charge on any atom is -0.300 e. The molecule has 1 aliphatic rings. The van der Waals surface area contributed by atoms with Crippen molar-refractivity contribution in [1.82, 2.24) is 4.90 Å². The molecule has 0 aliphatic carbocycles. The van der Waals surface area contributed by atoms with Gasteiger partial charge in [0.1, 0.15) is 0 Å². The van der Waals surface area contributed by atoms with Crippen LogP contribution in [0.15, 0.2) is 24.4 Å². The molecule has 0 aromatic carbocycles. The summed E-state index contributed by atoms with van der Waals surface area (Å²) in [6.45, 7) is 0. The lowest BCUT2D eigenvalue weighted by Crippen LogP contribution is -2.63. The molecule has 0 atom stereocenters. The summed E-state index contributed by atoms with van der Waals surface area (Å²) in [4.78, 5) is 1.23. The van der Waals surface area contributed by atoms with Crippen LogP contribution in [0, 0.1) is 0 Å². The zero-order chi connectivity index (χ0) is 9.41. The van der Waals surface area contributed by atoms with Crippen molar-refractivity contribution < 1.29 is 0 Å². The summed E-state index contributed by atoms with van der Waals surface area (Å²) in [5.41, 5.74) is 11.2. The maximum absolute atomic E-state index is 5.62. The molecule has 0 unspecified atom stereocenters. The van der Waals surface area contributed by atoms with Crippen molar-refractivity contribution in [3.8, 4) is 0 Å². The first-order valence-corrected chi connectivity index (χ1v) is 4.27. The summed E-state index contributed by atoms with van der Waals surface area (Å²) in [5, 5.41) is 0. The molecule has 0 bridgehead atoms. The predicted octanol–water partition coefficient (Wildman–Crippen LogP) is 1.27. The molecule has 1 rings (SSSR count). The van der Waals surface area contributed by atoms with E-state index in [-0.39, 0.29) is 0 Å². The molecule has 3 nitrogen and oxygen atoms in total. The van der Waals surface area contributed by atoms with Gasteiger partial charge < -0.3 is 0 Å². The SMILES string of the molecule is NC1(N)C=CC=CN1C(Cl)(Cl)Cl. The second kappa shape index (κ2) is 3.09. The highest BCUT2D eigenvalue weighted by atomic mass is 35.6. The average molecular weight is 229 g/mol. The lowest BCUT2D eigenvalue weighted by Gasteiger charge is -2.40. The zero-order valence-electron chi connectivity index (χ0n) is 6.05. The number of hydrogen-bond acceptors (Lipinski definition) is 3. The van der Waals surface area contributed by atoms with E-state index in [0.717, 1.165) is 0 Å². The number of nitrogens with two attached hydrogens (primary N) is 2. The molecule has 0 radical (unpaired) electrons. The van der Waals surface area contributed by atoms with Crippen LogP contribution in [-0.4, -0.2) is 14.6 Å². The monoisotopic (exact) mass is 227 g/mol. The Morgan fingerprint density at radius 3 is 2.08 bits per heavy atom. The van der Waals surface area contributed by atoms with E-state index >= 15 is 0 Å². The molecule has 1 aliphatic heterocycles. The highest BCUT2D eigenvalue weighted by Crippen LogP contribution is 2.35. The quantitative estimate of drug-likeness (QED) is 0.373. The van der Waals surface area contributed by atoms with E-state index in [9.17, 15) is 0 Å². The van der Waals surface area contributed by atoms with Gasteiger partial charge >= 0.3 is 0 Å². The van der Waals surface area contributed by atoms with Crippen molar-refractivity contribution in [2.24, 2.45) is 11.5 Å². The molecular formula is C6H8Cl3N3. The molecule has 6 heteroatoms. The molecule has 4 N–H and O–H groups in total. The van der Waals surface area contributed by atoms with Crippen molar-refractivity contribution in [3.63, 3.8) is 0 Å². The number of halogens is 3. The fourth-order valence-corrected chi connectivity index (χ4v) is 1.47. The van der Waals surface area contributed by atoms with Crippen LogP contribution in [0.1, 0.15) is 0 Å². The molecule has 0 saturated carbocycles. The highest BCUT2D eigenvalue weighted by molar-refractivity contribution is 6.67. The lowest BCUT2D eigenvalue weighted by molar-refractivity contribution is 0.205. The van der Waals surface area contributed by atoms with Crippen LogP contribution < -0.4 is 11.5 Å². The molecule has 0 saturated heterocycles. The Balaban J connectivity index is 2.92. The Labute approximate surface area is 85.5 Å². The number of rotatable bonds is 0. The minimum absolute atomic E-state index is 1.23. The fraction of sp³-hybridized carbons (Fsp3) is 0.333. The van der Waals surface area contributed by atoms with Gasteiger partial charge in [0.2, 0.25) is 0 Å². The van der Waals surface area contributed by atoms with E-state index in [1.165, 1.54) is 17.2 Å². The van der Waals surface area contributed by atoms with Crippen LogP contribution in [0.2, 0.25) is 0 Å². The number of nitrogens with zero attached hydrogens (tertiary/aromatic N) is 1. The maximum atomic E-state index is 5.62. The average Bonchev–Trinajstić information content (AvgIpc) is 1.83. The lowest BCUT2D eigenvalue weighted by atomic mass is 10.2. The van der Waals surface area contributed by atoms with E-state index in [0.29, 0.717) is 0 Å². The molecule has 68 valence electrons. The van der Waals surface area contributed by atoms with Crippen LogP contribution in [-0.2, 0) is 0 Å². The van der Waals surface area contributed by atoms with E-state index in [1.807, 2.05) is 0 Å². The van der Waals surface area contributed by atoms with Gasteiger partial charge in [0.15, 0.2) is 5.79 Å². The summed E-state index contributed by atoms with van der Waals surface area (Å²) in [7, 11) is 0. The molecule has 0 aromatic heterocycles. The van der Waals surface area contributed by atoms with Crippen LogP contribution in [0.5, 0.6) is 0 Å². The topological polar surface area (TPSA) is 55.3 Å². The molecule has 12 heavy (non-hydrogen) atoms. The van der Waals surface area contributed by atoms with E-state index in [4.69, 9.17) is 46.3 Å². The smallest absolute Gasteiger partial charge is 0.270 e. The normalized spacial score (nSPS) is 21.6. The largest absolute Gasteiger partial charge is 0.300 e. The van der Waals surface area contributed by atoms with E-state index < -0.39 is 9.70 Å². The third kappa shape index (κ3) is 2.06. The van der Waals surface area contributed by atoms with Gasteiger partial charge in [0.25, 0.3) is 3.92 Å². The number of hydrogen-bond donors (Lipinski definition) is 2. The Kier molecular flexibility index (Phi) is 2.61. The van der Waals surface area contributed by atoms with Gasteiger partial charge in [0, 0.05) is 6.20 Å². The predicted molar refractivity (Wildman–Crippen MR) is 51.5 cm³/mol. The van der Waals surface area contributed by atoms with Crippen LogP contribution >= 0.6 is 34.8 Å². The Morgan fingerprint density at radius 2 is 1.75 bits per heavy atom. The van der Waals surface area contributed by atoms with Gasteiger partial charge in [0.05, 0.1) is 0 Å². The summed E-state index contributed by atoms with van der Waals surface area (Å²) in [6.07, 6.45) is 6.43. The van der Waals surface area contributed by atoms with Crippen molar-refractivity contribution in [2.45, 2.75) is 9.70 Å². The number of allylic oxidation sites excluding steroid dienone is 2. The zero-order valence-corrected chi connectivity index (χ0v) is 8.31. The molecular weight excluding hydrogens is 220 g/mol. The maximum Gasteiger partial charge on any atom is 0.270 e. The fourth-order valence-electron chi connectivity index (χ4n) is 0.859. The first-order valence-electron chi connectivity index (χ1n) is 3.14. The van der Waals surface area contributed by atoms with Crippen molar-refractivity contribution >= 4 is 34.8 Å². The van der Waals surface area contributed by atoms with E-state index in [1.54, 1.807) is 12.2 Å². The highest BCUT2D eigenvalue weighted by Gasteiger charge is 2.38. The number of alkyl halides is 3. The Hall–Kier alpha value is 0.0700. The van der Waals surface area contributed by atoms with Gasteiger partial charge in [-0.05, 0) is 12.2 Å². The second-order valence-electron chi connectivity index (χ2n) is 2.43. The third-order valence-corrected chi connectivity index (χ3v) is 1.95. The standard InChI is InChI=1S/C6H8Cl3N3/c7-6(8,9)12-4-2-1-3-5(12,10)11/h1-4H,10-11H2. The molecule has 0 spiro atoms. The first kappa shape index (κ1) is 10.2. The first-order chi connectivity index (χ1) is 5.34. The van der Waals surface area contributed by atoms with Gasteiger partial charge in [-0.2, -0.15) is 0 Å². The summed E-state index contributed by atoms with van der Waals surface area (Å²) in [6, 6.07) is 0. The summed E-state index contributed by atoms with van der Waals surface area (Å²) >= 11 is 16.8. The molecule has 0 fully saturated rings. The van der Waals surface area contributed by atoms with Gasteiger partial charge in [-0.3, -0.25) is 16.4 Å². The molecule has 0 aromatic rings. The Morgan fingerprint density at radius 1 is 1.17 bits per heavy atom. The van der Waals surface area contributed by atoms with Gasteiger partial charge in [-0.1, -0.05) is 40.9 Å². The summed E-state index contributed by atoms with van der Waals surface area (Å²) < 4.78 is -1.63. The van der Waals surface area contributed by atoms with Crippen LogP contribution in [0.3, 0.4) is 0 Å². The second-order valence-corrected chi connectivity index (χ2v) is 4.65. The molecule has 0 amide bonds. The van der Waals surface area contributed by atoms with Crippen molar-refractivity contribution in [3.05, 3.63) is 24.4 Å². The Bertz CT molecular complexity index is 229. The van der Waals surface area contributed by atoms with E-state index in [2.05, 4.69) is 0 Å². The minimum atomic E-state index is -1.63. The molecule has 1 heterocycles. The van der Waals surface area contributed by atoms with Crippen molar-refractivity contribution in [2.75, 3.05) is 0 Å². The van der Waals surface area contributed by atoms with Crippen molar-refractivity contribution in [1.29, 1.82) is 0 Å².